The third-order valence-corrected chi connectivity index (χ3v) is 6.11. The van der Waals surface area contributed by atoms with E-state index in [9.17, 15) is 14.3 Å². The lowest BCUT2D eigenvalue weighted by Crippen LogP contribution is -2.49. The number of aromatic nitrogens is 4. The van der Waals surface area contributed by atoms with Gasteiger partial charge in [-0.2, -0.15) is 10.2 Å². The minimum absolute atomic E-state index is 0.00855. The van der Waals surface area contributed by atoms with Crippen LogP contribution in [0.15, 0.2) is 65.6 Å². The number of alkyl halides is 1. The van der Waals surface area contributed by atoms with Crippen molar-refractivity contribution in [1.29, 1.82) is 0 Å². The number of nitrogens with one attached hydrogen (secondary N) is 1. The van der Waals surface area contributed by atoms with Crippen LogP contribution in [0.1, 0.15) is 25.8 Å². The number of carbonyl (C=O) groups is 1. The highest BCUT2D eigenvalue weighted by atomic mass is 35.5. The van der Waals surface area contributed by atoms with Gasteiger partial charge in [0.05, 0.1) is 34.9 Å². The number of nitrogens with zero attached hydrogens (tertiary/aromatic N) is 4. The van der Waals surface area contributed by atoms with Crippen molar-refractivity contribution in [3.05, 3.63) is 82.0 Å². The standard InChI is InChI=1S/C23H19Cl2F2N5O2/c1-22(2,34)23(27)11-16(18(24)10-17(23)13-3-5-14(26)6-4-13)21(33)31-15-9-19(25)20(28-12-15)32-29-7-8-30-32/h3-10,12,34H,11H2,1-2H3,(H,31,33). The lowest BCUT2D eigenvalue weighted by atomic mass is 9.71. The number of hydrogen-bond donors (Lipinski definition) is 2. The van der Waals surface area contributed by atoms with Crippen LogP contribution in [0.25, 0.3) is 11.4 Å². The van der Waals surface area contributed by atoms with Crippen molar-refractivity contribution in [3.63, 3.8) is 0 Å². The lowest BCUT2D eigenvalue weighted by Gasteiger charge is -2.41. The van der Waals surface area contributed by atoms with Crippen molar-refractivity contribution >= 4 is 40.4 Å². The van der Waals surface area contributed by atoms with E-state index in [0.717, 1.165) is 0 Å². The maximum Gasteiger partial charge on any atom is 0.253 e. The Bertz CT molecular complexity index is 1300. The van der Waals surface area contributed by atoms with Gasteiger partial charge < -0.3 is 10.4 Å². The summed E-state index contributed by atoms with van der Waals surface area (Å²) in [7, 11) is 0. The molecule has 2 heterocycles. The maximum atomic E-state index is 16.4. The Morgan fingerprint density at radius 3 is 2.44 bits per heavy atom. The fourth-order valence-corrected chi connectivity index (χ4v) is 4.11. The summed E-state index contributed by atoms with van der Waals surface area (Å²) in [5, 5.41) is 21.4. The SMILES string of the molecule is CC(C)(O)C1(F)CC(C(=O)Nc2cnc(-n3nccn3)c(Cl)c2)=C(Cl)C=C1c1ccc(F)cc1. The fourth-order valence-electron chi connectivity index (χ4n) is 3.61. The first kappa shape index (κ1) is 24.0. The van der Waals surface area contributed by atoms with E-state index in [2.05, 4.69) is 20.5 Å². The van der Waals surface area contributed by atoms with E-state index in [1.807, 2.05) is 0 Å². The second-order valence-corrected chi connectivity index (χ2v) is 9.04. The van der Waals surface area contributed by atoms with Crippen LogP contribution in [-0.2, 0) is 4.79 Å². The molecule has 0 spiro atoms. The molecule has 0 aliphatic heterocycles. The van der Waals surface area contributed by atoms with Crippen molar-refractivity contribution in [2.75, 3.05) is 5.32 Å². The molecule has 1 aliphatic rings. The Morgan fingerprint density at radius 2 is 1.85 bits per heavy atom. The van der Waals surface area contributed by atoms with Gasteiger partial charge in [0.25, 0.3) is 5.91 Å². The van der Waals surface area contributed by atoms with Crippen molar-refractivity contribution < 1.29 is 18.7 Å². The molecular formula is C23H19Cl2F2N5O2. The van der Waals surface area contributed by atoms with Gasteiger partial charge in [-0.25, -0.2) is 13.8 Å². The molecule has 11 heteroatoms. The quantitative estimate of drug-likeness (QED) is 0.516. The molecule has 0 saturated heterocycles. The molecule has 4 rings (SSSR count). The van der Waals surface area contributed by atoms with Crippen LogP contribution in [0.2, 0.25) is 5.02 Å². The number of carbonyl (C=O) groups excluding carboxylic acids is 1. The topological polar surface area (TPSA) is 92.9 Å². The Hall–Kier alpha value is -3.14. The van der Waals surface area contributed by atoms with Crippen LogP contribution in [0.5, 0.6) is 0 Å². The van der Waals surface area contributed by atoms with Crippen LogP contribution in [0, 0.1) is 5.82 Å². The summed E-state index contributed by atoms with van der Waals surface area (Å²) in [5.74, 6) is -0.916. The molecule has 1 unspecified atom stereocenters. The third kappa shape index (κ3) is 4.46. The van der Waals surface area contributed by atoms with Crippen LogP contribution in [-0.4, -0.2) is 42.3 Å². The van der Waals surface area contributed by atoms with Crippen LogP contribution < -0.4 is 5.32 Å². The van der Waals surface area contributed by atoms with Gasteiger partial charge in [-0.15, -0.1) is 4.80 Å². The van der Waals surface area contributed by atoms with Crippen LogP contribution in [0.3, 0.4) is 0 Å². The second kappa shape index (κ2) is 8.90. The molecule has 1 aliphatic carbocycles. The minimum atomic E-state index is -2.39. The van der Waals surface area contributed by atoms with Gasteiger partial charge in [-0.05, 0) is 43.7 Å². The summed E-state index contributed by atoms with van der Waals surface area (Å²) in [6, 6.07) is 6.58. The number of aliphatic hydroxyl groups is 1. The summed E-state index contributed by atoms with van der Waals surface area (Å²) in [6.45, 7) is 2.59. The highest BCUT2D eigenvalue weighted by molar-refractivity contribution is 6.35. The first-order valence-corrected chi connectivity index (χ1v) is 10.9. The molecule has 0 fully saturated rings. The van der Waals surface area contributed by atoms with Gasteiger partial charge in [0, 0.05) is 22.6 Å². The van der Waals surface area contributed by atoms with Gasteiger partial charge in [0.15, 0.2) is 11.5 Å². The largest absolute Gasteiger partial charge is 0.387 e. The van der Waals surface area contributed by atoms with Crippen LogP contribution in [0.4, 0.5) is 14.5 Å². The number of allylic oxidation sites excluding steroid dienone is 2. The first-order chi connectivity index (χ1) is 16.0. The van der Waals surface area contributed by atoms with E-state index in [1.165, 1.54) is 73.6 Å². The molecule has 0 bridgehead atoms. The zero-order chi connectivity index (χ0) is 24.7. The Morgan fingerprint density at radius 1 is 1.21 bits per heavy atom. The number of amides is 1. The Kier molecular flexibility index (Phi) is 6.28. The lowest BCUT2D eigenvalue weighted by molar-refractivity contribution is -0.113. The van der Waals surface area contributed by atoms with E-state index in [-0.39, 0.29) is 32.7 Å². The molecule has 0 saturated carbocycles. The van der Waals surface area contributed by atoms with E-state index in [4.69, 9.17) is 23.2 Å². The van der Waals surface area contributed by atoms with E-state index in [1.54, 1.807) is 0 Å². The predicted octanol–water partition coefficient (Wildman–Crippen LogP) is 4.85. The van der Waals surface area contributed by atoms with Crippen molar-refractivity contribution in [3.8, 4) is 5.82 Å². The third-order valence-electron chi connectivity index (χ3n) is 5.49. The van der Waals surface area contributed by atoms with Crippen molar-refractivity contribution in [2.45, 2.75) is 31.5 Å². The maximum absolute atomic E-state index is 16.4. The molecule has 176 valence electrons. The molecule has 1 aromatic carbocycles. The monoisotopic (exact) mass is 505 g/mol. The first-order valence-electron chi connectivity index (χ1n) is 10.1. The molecule has 1 amide bonds. The molecule has 2 N–H and O–H groups in total. The van der Waals surface area contributed by atoms with E-state index < -0.39 is 29.4 Å². The number of pyridine rings is 1. The van der Waals surface area contributed by atoms with E-state index >= 15 is 4.39 Å². The highest BCUT2D eigenvalue weighted by Gasteiger charge is 2.51. The summed E-state index contributed by atoms with van der Waals surface area (Å²) in [6.07, 6.45) is 5.04. The zero-order valence-electron chi connectivity index (χ0n) is 18.1. The van der Waals surface area contributed by atoms with Gasteiger partial charge in [-0.3, -0.25) is 4.79 Å². The highest BCUT2D eigenvalue weighted by Crippen LogP contribution is 2.48. The summed E-state index contributed by atoms with van der Waals surface area (Å²) in [5.41, 5.74) is -3.74. The van der Waals surface area contributed by atoms with Crippen LogP contribution >= 0.6 is 23.2 Å². The van der Waals surface area contributed by atoms with Crippen molar-refractivity contribution in [1.82, 2.24) is 20.0 Å². The number of halogens is 4. The Labute approximate surface area is 203 Å². The average Bonchev–Trinajstić information content (AvgIpc) is 3.29. The van der Waals surface area contributed by atoms with Gasteiger partial charge in [0.1, 0.15) is 5.82 Å². The normalized spacial score (nSPS) is 18.6. The van der Waals surface area contributed by atoms with Gasteiger partial charge in [0.2, 0.25) is 0 Å². The number of benzene rings is 1. The molecule has 2 aromatic heterocycles. The van der Waals surface area contributed by atoms with Crippen molar-refractivity contribution in [2.24, 2.45) is 0 Å². The molecule has 1 atom stereocenters. The number of hydrogen-bond acceptors (Lipinski definition) is 5. The molecule has 34 heavy (non-hydrogen) atoms. The Balaban J connectivity index is 1.67. The summed E-state index contributed by atoms with van der Waals surface area (Å²) in [4.78, 5) is 18.4. The summed E-state index contributed by atoms with van der Waals surface area (Å²) < 4.78 is 29.8. The van der Waals surface area contributed by atoms with Gasteiger partial charge >= 0.3 is 0 Å². The summed E-state index contributed by atoms with van der Waals surface area (Å²) >= 11 is 12.6. The molecule has 0 radical (unpaired) electrons. The molecule has 7 nitrogen and oxygen atoms in total. The fraction of sp³-hybridized carbons (Fsp3) is 0.217. The smallest absolute Gasteiger partial charge is 0.253 e. The average molecular weight is 506 g/mol. The predicted molar refractivity (Wildman–Crippen MR) is 125 cm³/mol. The molecule has 3 aromatic rings. The second-order valence-electron chi connectivity index (χ2n) is 8.23. The zero-order valence-corrected chi connectivity index (χ0v) is 19.6. The number of anilines is 1. The van der Waals surface area contributed by atoms with Gasteiger partial charge in [-0.1, -0.05) is 35.3 Å². The van der Waals surface area contributed by atoms with E-state index in [0.29, 0.717) is 5.56 Å². The number of rotatable bonds is 5. The minimum Gasteiger partial charge on any atom is -0.387 e. The molecular weight excluding hydrogens is 487 g/mol.